The van der Waals surface area contributed by atoms with Crippen LogP contribution >= 0.6 is 15.9 Å². The van der Waals surface area contributed by atoms with Crippen molar-refractivity contribution in [3.63, 3.8) is 0 Å². The number of nitrogens with zero attached hydrogens (tertiary/aromatic N) is 2. The van der Waals surface area contributed by atoms with E-state index in [0.29, 0.717) is 5.52 Å². The van der Waals surface area contributed by atoms with E-state index >= 15 is 0 Å². The second-order valence-corrected chi connectivity index (χ2v) is 5.20. The molecule has 1 saturated heterocycles. The Morgan fingerprint density at radius 3 is 3.11 bits per heavy atom. The molecule has 94 valence electrons. The molecule has 0 spiro atoms. The smallest absolute Gasteiger partial charge is 0.356 e. The van der Waals surface area contributed by atoms with E-state index in [1.165, 1.54) is 0 Å². The molecule has 0 radical (unpaired) electrons. The molecule has 3 rings (SSSR count). The average molecular weight is 310 g/mol. The van der Waals surface area contributed by atoms with Crippen LogP contribution in [0.5, 0.6) is 0 Å². The molecule has 1 fully saturated rings. The maximum atomic E-state index is 11.3. The first-order valence-electron chi connectivity index (χ1n) is 5.81. The van der Waals surface area contributed by atoms with Crippen LogP contribution in [0.2, 0.25) is 0 Å². The largest absolute Gasteiger partial charge is 0.476 e. The lowest BCUT2D eigenvalue weighted by Crippen LogP contribution is -2.15. The maximum Gasteiger partial charge on any atom is 0.356 e. The Morgan fingerprint density at radius 2 is 2.44 bits per heavy atom. The van der Waals surface area contributed by atoms with E-state index in [-0.39, 0.29) is 11.7 Å². The van der Waals surface area contributed by atoms with E-state index < -0.39 is 5.97 Å². The van der Waals surface area contributed by atoms with Gasteiger partial charge in [-0.15, -0.1) is 0 Å². The number of carbonyl (C=O) groups is 1. The first-order chi connectivity index (χ1) is 8.68. The van der Waals surface area contributed by atoms with Crippen molar-refractivity contribution in [2.75, 3.05) is 6.54 Å². The predicted molar refractivity (Wildman–Crippen MR) is 69.8 cm³/mol. The minimum atomic E-state index is -0.997. The van der Waals surface area contributed by atoms with Gasteiger partial charge >= 0.3 is 5.97 Å². The maximum absolute atomic E-state index is 11.3. The summed E-state index contributed by atoms with van der Waals surface area (Å²) < 4.78 is 2.61. The van der Waals surface area contributed by atoms with E-state index in [9.17, 15) is 9.90 Å². The van der Waals surface area contributed by atoms with E-state index in [2.05, 4.69) is 26.2 Å². The fourth-order valence-corrected chi connectivity index (χ4v) is 2.95. The van der Waals surface area contributed by atoms with Gasteiger partial charge < -0.3 is 14.8 Å². The van der Waals surface area contributed by atoms with E-state index in [4.69, 9.17) is 0 Å². The standard InChI is InChI=1S/C12H12BrN3O2/c13-7-3-2-6-16-10(7)9(12(17)18)15-11(16)8-4-1-5-14-8/h2-3,6,8,14H,1,4-5H2,(H,17,18). The van der Waals surface area contributed by atoms with E-state index in [1.54, 1.807) is 0 Å². The van der Waals surface area contributed by atoms with Crippen molar-refractivity contribution in [1.82, 2.24) is 14.7 Å². The summed E-state index contributed by atoms with van der Waals surface area (Å²) in [6.45, 7) is 0.954. The van der Waals surface area contributed by atoms with Gasteiger partial charge in [-0.3, -0.25) is 0 Å². The number of rotatable bonds is 2. The molecule has 1 aliphatic rings. The fourth-order valence-electron chi connectivity index (χ4n) is 2.42. The van der Waals surface area contributed by atoms with Crippen LogP contribution in [0.1, 0.15) is 35.2 Å². The summed E-state index contributed by atoms with van der Waals surface area (Å²) in [4.78, 5) is 15.6. The highest BCUT2D eigenvalue weighted by Crippen LogP contribution is 2.28. The lowest BCUT2D eigenvalue weighted by Gasteiger charge is -2.08. The number of halogens is 1. The van der Waals surface area contributed by atoms with Gasteiger partial charge in [0.1, 0.15) is 5.82 Å². The van der Waals surface area contributed by atoms with Gasteiger partial charge in [0.05, 0.1) is 11.6 Å². The molecule has 5 nitrogen and oxygen atoms in total. The second kappa shape index (κ2) is 4.37. The zero-order valence-corrected chi connectivity index (χ0v) is 11.1. The number of hydrogen-bond acceptors (Lipinski definition) is 3. The Bertz CT molecular complexity index is 617. The third-order valence-corrected chi connectivity index (χ3v) is 3.86. The Balaban J connectivity index is 2.26. The highest BCUT2D eigenvalue weighted by molar-refractivity contribution is 9.10. The first-order valence-corrected chi connectivity index (χ1v) is 6.61. The summed E-state index contributed by atoms with van der Waals surface area (Å²) >= 11 is 3.39. The number of aromatic carboxylic acids is 1. The highest BCUT2D eigenvalue weighted by atomic mass is 79.9. The minimum absolute atomic E-state index is 0.103. The number of aromatic nitrogens is 2. The summed E-state index contributed by atoms with van der Waals surface area (Å²) in [5, 5.41) is 12.6. The van der Waals surface area contributed by atoms with Crippen molar-refractivity contribution in [3.05, 3.63) is 34.3 Å². The molecule has 1 unspecified atom stereocenters. The quantitative estimate of drug-likeness (QED) is 0.892. The Kier molecular flexibility index (Phi) is 2.83. The zero-order valence-electron chi connectivity index (χ0n) is 9.56. The van der Waals surface area contributed by atoms with Crippen LogP contribution < -0.4 is 5.32 Å². The van der Waals surface area contributed by atoms with E-state index in [0.717, 1.165) is 29.7 Å². The van der Waals surface area contributed by atoms with Crippen LogP contribution in [-0.4, -0.2) is 27.0 Å². The second-order valence-electron chi connectivity index (χ2n) is 4.35. The number of nitrogens with one attached hydrogen (secondary N) is 1. The summed E-state index contributed by atoms with van der Waals surface area (Å²) in [5.74, 6) is -0.218. The molecule has 0 bridgehead atoms. The summed E-state index contributed by atoms with van der Waals surface area (Å²) in [5.41, 5.74) is 0.722. The topological polar surface area (TPSA) is 66.6 Å². The predicted octanol–water partition coefficient (Wildman–Crippen LogP) is 2.22. The summed E-state index contributed by atoms with van der Waals surface area (Å²) in [6, 6.07) is 3.85. The van der Waals surface area contributed by atoms with E-state index in [1.807, 2.05) is 22.7 Å². The summed E-state index contributed by atoms with van der Waals surface area (Å²) in [7, 11) is 0. The number of fused-ring (bicyclic) bond motifs is 1. The molecule has 0 aliphatic carbocycles. The monoisotopic (exact) mass is 309 g/mol. The number of imidazole rings is 1. The molecule has 1 aliphatic heterocycles. The number of hydrogen-bond donors (Lipinski definition) is 2. The highest BCUT2D eigenvalue weighted by Gasteiger charge is 2.25. The van der Waals surface area contributed by atoms with Crippen LogP contribution in [0.25, 0.3) is 5.52 Å². The van der Waals surface area contributed by atoms with Crippen LogP contribution in [-0.2, 0) is 0 Å². The third kappa shape index (κ3) is 1.72. The molecule has 2 aromatic rings. The van der Waals surface area contributed by atoms with Gasteiger partial charge in [0.25, 0.3) is 0 Å². The molecular formula is C12H12BrN3O2. The third-order valence-electron chi connectivity index (χ3n) is 3.22. The molecule has 1 atom stereocenters. The summed E-state index contributed by atoms with van der Waals surface area (Å²) in [6.07, 6.45) is 3.94. The van der Waals surface area contributed by atoms with Gasteiger partial charge in [-0.25, -0.2) is 9.78 Å². The first kappa shape index (κ1) is 11.7. The van der Waals surface area contributed by atoms with Gasteiger partial charge in [0.15, 0.2) is 5.69 Å². The SMILES string of the molecule is O=C(O)c1nc(C2CCCN2)n2cccc(Br)c12. The number of carboxylic acids is 1. The van der Waals surface area contributed by atoms with Gasteiger partial charge in [-0.05, 0) is 47.4 Å². The van der Waals surface area contributed by atoms with Crippen molar-refractivity contribution >= 4 is 27.4 Å². The number of carboxylic acid groups (broad SMARTS) is 1. The van der Waals surface area contributed by atoms with Crippen LogP contribution in [0.15, 0.2) is 22.8 Å². The molecule has 6 heteroatoms. The minimum Gasteiger partial charge on any atom is -0.476 e. The lowest BCUT2D eigenvalue weighted by atomic mass is 10.2. The Hall–Kier alpha value is -1.40. The van der Waals surface area contributed by atoms with Crippen LogP contribution in [0, 0.1) is 0 Å². The van der Waals surface area contributed by atoms with Crippen molar-refractivity contribution in [2.45, 2.75) is 18.9 Å². The van der Waals surface area contributed by atoms with Crippen LogP contribution in [0.3, 0.4) is 0 Å². The van der Waals surface area contributed by atoms with Gasteiger partial charge in [0, 0.05) is 10.7 Å². The molecule has 18 heavy (non-hydrogen) atoms. The molecule has 0 amide bonds. The molecular weight excluding hydrogens is 298 g/mol. The molecule has 3 heterocycles. The molecule has 2 N–H and O–H groups in total. The van der Waals surface area contributed by atoms with Gasteiger partial charge in [-0.2, -0.15) is 0 Å². The van der Waals surface area contributed by atoms with Crippen molar-refractivity contribution in [2.24, 2.45) is 0 Å². The zero-order chi connectivity index (χ0) is 12.7. The molecule has 2 aromatic heterocycles. The average Bonchev–Trinajstić information content (AvgIpc) is 2.95. The Morgan fingerprint density at radius 1 is 1.61 bits per heavy atom. The van der Waals surface area contributed by atoms with Gasteiger partial charge in [-0.1, -0.05) is 0 Å². The lowest BCUT2D eigenvalue weighted by molar-refractivity contribution is 0.0693. The molecule has 0 aromatic carbocycles. The van der Waals surface area contributed by atoms with Crippen LogP contribution in [0.4, 0.5) is 0 Å². The van der Waals surface area contributed by atoms with Crippen molar-refractivity contribution in [3.8, 4) is 0 Å². The number of pyridine rings is 1. The normalized spacial score (nSPS) is 19.5. The van der Waals surface area contributed by atoms with Crippen molar-refractivity contribution in [1.29, 1.82) is 0 Å². The Labute approximate surface area is 112 Å². The van der Waals surface area contributed by atoms with Crippen molar-refractivity contribution < 1.29 is 9.90 Å². The fraction of sp³-hybridized carbons (Fsp3) is 0.333. The van der Waals surface area contributed by atoms with Gasteiger partial charge in [0.2, 0.25) is 0 Å². The molecule has 0 saturated carbocycles.